The first-order valence-corrected chi connectivity index (χ1v) is 5.56. The molecule has 0 radical (unpaired) electrons. The molecular weight excluding hydrogens is 237 g/mol. The molecule has 0 unspecified atom stereocenters. The zero-order chi connectivity index (χ0) is 13.1. The molecule has 0 spiro atoms. The molecule has 0 rings (SSSR count). The van der Waals surface area contributed by atoms with Crippen molar-refractivity contribution in [2.24, 2.45) is 0 Å². The Morgan fingerprint density at radius 1 is 1.12 bits per heavy atom. The van der Waals surface area contributed by atoms with Gasteiger partial charge in [-0.2, -0.15) is 13.2 Å². The van der Waals surface area contributed by atoms with Crippen LogP contribution in [0.4, 0.5) is 13.2 Å². The Bertz CT molecular complexity index is 210. The minimum atomic E-state index is -4.81. The molecule has 7 heteroatoms. The summed E-state index contributed by atoms with van der Waals surface area (Å²) in [6.45, 7) is 1.44. The van der Waals surface area contributed by atoms with Gasteiger partial charge in [-0.05, 0) is 32.9 Å². The van der Waals surface area contributed by atoms with Gasteiger partial charge in [-0.15, -0.1) is 0 Å². The van der Waals surface area contributed by atoms with Crippen LogP contribution in [0.25, 0.3) is 0 Å². The van der Waals surface area contributed by atoms with Crippen LogP contribution >= 0.6 is 0 Å². The van der Waals surface area contributed by atoms with Crippen LogP contribution in [-0.2, 0) is 9.53 Å². The van der Waals surface area contributed by atoms with Gasteiger partial charge < -0.3 is 15.4 Å². The fraction of sp³-hybridized carbons (Fsp3) is 0.900. The molecule has 0 aromatic heterocycles. The Hall–Kier alpha value is -0.820. The van der Waals surface area contributed by atoms with Crippen molar-refractivity contribution in [3.05, 3.63) is 0 Å². The van der Waals surface area contributed by atoms with Gasteiger partial charge in [0.05, 0.1) is 6.61 Å². The first-order valence-electron chi connectivity index (χ1n) is 5.56. The van der Waals surface area contributed by atoms with Crippen molar-refractivity contribution < 1.29 is 22.7 Å². The van der Waals surface area contributed by atoms with Crippen molar-refractivity contribution in [3.8, 4) is 0 Å². The van der Waals surface area contributed by atoms with Crippen LogP contribution in [0.3, 0.4) is 0 Å². The van der Waals surface area contributed by atoms with Crippen LogP contribution in [0.2, 0.25) is 0 Å². The topological polar surface area (TPSA) is 50.4 Å². The molecule has 102 valence electrons. The lowest BCUT2D eigenvalue weighted by atomic mass is 10.2. The normalized spacial score (nSPS) is 11.5. The van der Waals surface area contributed by atoms with Crippen LogP contribution in [0.15, 0.2) is 0 Å². The van der Waals surface area contributed by atoms with Crippen LogP contribution in [0.5, 0.6) is 0 Å². The second kappa shape index (κ2) is 9.23. The minimum absolute atomic E-state index is 0.105. The Morgan fingerprint density at radius 2 is 1.82 bits per heavy atom. The molecule has 0 atom stereocenters. The fourth-order valence-corrected chi connectivity index (χ4v) is 1.12. The summed E-state index contributed by atoms with van der Waals surface area (Å²) in [6, 6.07) is 0. The van der Waals surface area contributed by atoms with Crippen molar-refractivity contribution in [1.82, 2.24) is 10.6 Å². The smallest absolute Gasteiger partial charge is 0.380 e. The van der Waals surface area contributed by atoms with Gasteiger partial charge in [-0.1, -0.05) is 0 Å². The molecule has 1 amide bonds. The summed E-state index contributed by atoms with van der Waals surface area (Å²) in [4.78, 5) is 10.4. The van der Waals surface area contributed by atoms with Gasteiger partial charge in [-0.25, -0.2) is 0 Å². The Morgan fingerprint density at radius 3 is 2.41 bits per heavy atom. The molecule has 0 bridgehead atoms. The number of rotatable bonds is 9. The number of unbranched alkanes of at least 4 members (excludes halogenated alkanes) is 2. The summed E-state index contributed by atoms with van der Waals surface area (Å²) < 4.78 is 40.3. The zero-order valence-corrected chi connectivity index (χ0v) is 9.90. The Kier molecular flexibility index (Phi) is 8.79. The molecule has 0 saturated carbocycles. The number of hydrogen-bond acceptors (Lipinski definition) is 3. The second-order valence-electron chi connectivity index (χ2n) is 3.53. The predicted molar refractivity (Wildman–Crippen MR) is 57.7 cm³/mol. The van der Waals surface area contributed by atoms with Gasteiger partial charge >= 0.3 is 12.1 Å². The first kappa shape index (κ1) is 16.2. The van der Waals surface area contributed by atoms with Gasteiger partial charge in [-0.3, -0.25) is 4.79 Å². The van der Waals surface area contributed by atoms with Gasteiger partial charge in [0.1, 0.15) is 0 Å². The zero-order valence-electron chi connectivity index (χ0n) is 9.90. The molecule has 17 heavy (non-hydrogen) atoms. The third-order valence-corrected chi connectivity index (χ3v) is 2.00. The lowest BCUT2D eigenvalue weighted by Crippen LogP contribution is -2.38. The van der Waals surface area contributed by atoms with Crippen LogP contribution in [-0.4, -0.2) is 45.4 Å². The van der Waals surface area contributed by atoms with Crippen molar-refractivity contribution in [2.75, 3.05) is 33.4 Å². The highest BCUT2D eigenvalue weighted by Crippen LogP contribution is 2.13. The van der Waals surface area contributed by atoms with Crippen molar-refractivity contribution in [1.29, 1.82) is 0 Å². The summed E-state index contributed by atoms with van der Waals surface area (Å²) in [7, 11) is 1.87. The van der Waals surface area contributed by atoms with E-state index in [2.05, 4.69) is 5.32 Å². The molecule has 0 aromatic rings. The lowest BCUT2D eigenvalue weighted by molar-refractivity contribution is -0.173. The lowest BCUT2D eigenvalue weighted by Gasteiger charge is -2.08. The SMILES string of the molecule is CNCCCCCOCCNC(=O)C(F)(F)F. The second-order valence-corrected chi connectivity index (χ2v) is 3.53. The third-order valence-electron chi connectivity index (χ3n) is 2.00. The number of carbonyl (C=O) groups excluding carboxylic acids is 1. The molecule has 0 aliphatic carbocycles. The highest BCUT2D eigenvalue weighted by Gasteiger charge is 2.38. The van der Waals surface area contributed by atoms with E-state index in [1.807, 2.05) is 7.05 Å². The van der Waals surface area contributed by atoms with Crippen molar-refractivity contribution in [3.63, 3.8) is 0 Å². The predicted octanol–water partition coefficient (Wildman–Crippen LogP) is 1.07. The molecule has 0 aliphatic rings. The fourth-order valence-electron chi connectivity index (χ4n) is 1.12. The van der Waals surface area contributed by atoms with E-state index >= 15 is 0 Å². The maximum absolute atomic E-state index is 11.7. The average molecular weight is 256 g/mol. The molecule has 4 nitrogen and oxygen atoms in total. The third kappa shape index (κ3) is 10.1. The van der Waals surface area contributed by atoms with Crippen molar-refractivity contribution >= 4 is 5.91 Å². The van der Waals surface area contributed by atoms with E-state index in [4.69, 9.17) is 4.74 Å². The largest absolute Gasteiger partial charge is 0.471 e. The summed E-state index contributed by atoms with van der Waals surface area (Å²) >= 11 is 0. The summed E-state index contributed by atoms with van der Waals surface area (Å²) in [5, 5.41) is 4.75. The van der Waals surface area contributed by atoms with E-state index in [-0.39, 0.29) is 13.2 Å². The monoisotopic (exact) mass is 256 g/mol. The van der Waals surface area contributed by atoms with Gasteiger partial charge in [0, 0.05) is 13.2 Å². The first-order chi connectivity index (χ1) is 7.98. The van der Waals surface area contributed by atoms with E-state index in [9.17, 15) is 18.0 Å². The molecule has 0 fully saturated rings. The quantitative estimate of drug-likeness (QED) is 0.607. The van der Waals surface area contributed by atoms with Gasteiger partial charge in [0.15, 0.2) is 0 Å². The van der Waals surface area contributed by atoms with Gasteiger partial charge in [0.2, 0.25) is 0 Å². The molecular formula is C10H19F3N2O2. The molecule has 0 saturated heterocycles. The molecule has 2 N–H and O–H groups in total. The van der Waals surface area contributed by atoms with E-state index in [0.29, 0.717) is 6.61 Å². The van der Waals surface area contributed by atoms with Gasteiger partial charge in [0.25, 0.3) is 0 Å². The average Bonchev–Trinajstić information content (AvgIpc) is 2.25. The van der Waals surface area contributed by atoms with E-state index in [1.54, 1.807) is 5.32 Å². The standard InChI is InChI=1S/C10H19F3N2O2/c1-14-5-3-2-4-7-17-8-6-15-9(16)10(11,12)13/h14H,2-8H2,1H3,(H,15,16). The number of alkyl halides is 3. The molecule has 0 heterocycles. The Balaban J connectivity index is 3.22. The maximum Gasteiger partial charge on any atom is 0.471 e. The number of halogens is 3. The Labute approximate surface area is 98.9 Å². The van der Waals surface area contributed by atoms with Crippen LogP contribution in [0, 0.1) is 0 Å². The van der Waals surface area contributed by atoms with E-state index < -0.39 is 12.1 Å². The van der Waals surface area contributed by atoms with Crippen molar-refractivity contribution in [2.45, 2.75) is 25.4 Å². The summed E-state index contributed by atoms with van der Waals surface area (Å²) in [5.41, 5.74) is 0. The number of nitrogens with one attached hydrogen (secondary N) is 2. The van der Waals surface area contributed by atoms with Crippen LogP contribution < -0.4 is 10.6 Å². The number of carbonyl (C=O) groups is 1. The highest BCUT2D eigenvalue weighted by molar-refractivity contribution is 5.81. The maximum atomic E-state index is 11.7. The molecule has 0 aromatic carbocycles. The number of hydrogen-bond donors (Lipinski definition) is 2. The number of ether oxygens (including phenoxy) is 1. The number of amides is 1. The van der Waals surface area contributed by atoms with Crippen LogP contribution in [0.1, 0.15) is 19.3 Å². The highest BCUT2D eigenvalue weighted by atomic mass is 19.4. The van der Waals surface area contributed by atoms with E-state index in [0.717, 1.165) is 25.8 Å². The summed E-state index contributed by atoms with van der Waals surface area (Å²) in [5.74, 6) is -1.92. The van der Waals surface area contributed by atoms with E-state index in [1.165, 1.54) is 0 Å². The summed E-state index contributed by atoms with van der Waals surface area (Å²) in [6.07, 6.45) is -1.89. The minimum Gasteiger partial charge on any atom is -0.380 e. The molecule has 0 aliphatic heterocycles.